The summed E-state index contributed by atoms with van der Waals surface area (Å²) in [5, 5.41) is 0. The van der Waals surface area contributed by atoms with Gasteiger partial charge in [0.15, 0.2) is 0 Å². The third kappa shape index (κ3) is 3.63. The first-order chi connectivity index (χ1) is 9.04. The molecule has 19 heavy (non-hydrogen) atoms. The first kappa shape index (κ1) is 15.3. The van der Waals surface area contributed by atoms with Crippen LogP contribution in [0.15, 0.2) is 24.3 Å². The van der Waals surface area contributed by atoms with Gasteiger partial charge in [0.2, 0.25) is 5.91 Å². The van der Waals surface area contributed by atoms with Gasteiger partial charge in [-0.25, -0.2) is 0 Å². The van der Waals surface area contributed by atoms with E-state index in [0.29, 0.717) is 0 Å². The van der Waals surface area contributed by atoms with Gasteiger partial charge in [0.1, 0.15) is 6.04 Å². The number of likely N-dealkylation sites (N-methyl/N-ethyl adjacent to an activating group) is 2. The summed E-state index contributed by atoms with van der Waals surface area (Å²) < 4.78 is 0. The van der Waals surface area contributed by atoms with E-state index >= 15 is 0 Å². The number of hydrogen-bond acceptors (Lipinski definition) is 3. The Morgan fingerprint density at radius 3 is 2.32 bits per heavy atom. The minimum absolute atomic E-state index is 0.161. The third-order valence-corrected chi connectivity index (χ3v) is 3.44. The zero-order valence-electron chi connectivity index (χ0n) is 12.4. The number of carbonyl (C=O) groups is 1. The average molecular weight is 263 g/mol. The van der Waals surface area contributed by atoms with E-state index in [1.165, 1.54) is 0 Å². The minimum Gasteiger partial charge on any atom is -0.399 e. The van der Waals surface area contributed by atoms with Crippen LogP contribution in [0.2, 0.25) is 0 Å². The SMILES string of the molecule is CCN(CC)C(=O)C(C)N(CC)c1cccc(N)c1. The number of nitrogens with two attached hydrogens (primary N) is 1. The van der Waals surface area contributed by atoms with Crippen LogP contribution in [0.5, 0.6) is 0 Å². The lowest BCUT2D eigenvalue weighted by atomic mass is 10.2. The van der Waals surface area contributed by atoms with E-state index in [1.807, 2.05) is 49.9 Å². The topological polar surface area (TPSA) is 49.6 Å². The van der Waals surface area contributed by atoms with Gasteiger partial charge in [0, 0.05) is 31.0 Å². The van der Waals surface area contributed by atoms with E-state index in [2.05, 4.69) is 11.8 Å². The second kappa shape index (κ2) is 7.02. The van der Waals surface area contributed by atoms with Crippen LogP contribution >= 0.6 is 0 Å². The van der Waals surface area contributed by atoms with Crippen LogP contribution in [0.4, 0.5) is 11.4 Å². The Hall–Kier alpha value is -1.71. The first-order valence-corrected chi connectivity index (χ1v) is 6.96. The Morgan fingerprint density at radius 2 is 1.84 bits per heavy atom. The molecule has 1 aromatic carbocycles. The van der Waals surface area contributed by atoms with Crippen LogP contribution in [0.3, 0.4) is 0 Å². The first-order valence-electron chi connectivity index (χ1n) is 6.96. The van der Waals surface area contributed by atoms with Crippen molar-refractivity contribution in [2.75, 3.05) is 30.3 Å². The average Bonchev–Trinajstić information content (AvgIpc) is 2.40. The highest BCUT2D eigenvalue weighted by Gasteiger charge is 2.23. The molecule has 0 radical (unpaired) electrons. The molecule has 1 unspecified atom stereocenters. The van der Waals surface area contributed by atoms with E-state index in [4.69, 9.17) is 5.73 Å². The summed E-state index contributed by atoms with van der Waals surface area (Å²) in [6.45, 7) is 10.3. The van der Waals surface area contributed by atoms with E-state index < -0.39 is 0 Å². The quantitative estimate of drug-likeness (QED) is 0.802. The second-order valence-corrected chi connectivity index (χ2v) is 4.57. The van der Waals surface area contributed by atoms with Gasteiger partial charge in [-0.3, -0.25) is 4.79 Å². The molecule has 4 nitrogen and oxygen atoms in total. The van der Waals surface area contributed by atoms with Crippen LogP contribution in [-0.2, 0) is 4.79 Å². The zero-order valence-corrected chi connectivity index (χ0v) is 12.4. The van der Waals surface area contributed by atoms with E-state index in [9.17, 15) is 4.79 Å². The molecule has 0 heterocycles. The van der Waals surface area contributed by atoms with Crippen LogP contribution in [-0.4, -0.2) is 36.5 Å². The Kier molecular flexibility index (Phi) is 5.67. The van der Waals surface area contributed by atoms with Gasteiger partial charge in [0.25, 0.3) is 0 Å². The van der Waals surface area contributed by atoms with Gasteiger partial charge in [-0.2, -0.15) is 0 Å². The Bertz CT molecular complexity index is 416. The summed E-state index contributed by atoms with van der Waals surface area (Å²) in [5.41, 5.74) is 7.53. The molecule has 0 saturated heterocycles. The van der Waals surface area contributed by atoms with Gasteiger partial charge in [-0.15, -0.1) is 0 Å². The number of hydrogen-bond donors (Lipinski definition) is 1. The monoisotopic (exact) mass is 263 g/mol. The Balaban J connectivity index is 2.93. The van der Waals surface area contributed by atoms with Crippen molar-refractivity contribution in [1.82, 2.24) is 4.90 Å². The molecule has 0 aliphatic carbocycles. The molecule has 1 rings (SSSR count). The van der Waals surface area contributed by atoms with Gasteiger partial charge in [-0.05, 0) is 45.9 Å². The summed E-state index contributed by atoms with van der Waals surface area (Å²) >= 11 is 0. The number of nitrogens with zero attached hydrogens (tertiary/aromatic N) is 2. The summed E-state index contributed by atoms with van der Waals surface area (Å²) in [5.74, 6) is 0.161. The smallest absolute Gasteiger partial charge is 0.244 e. The molecule has 0 aliphatic heterocycles. The van der Waals surface area contributed by atoms with Crippen LogP contribution in [0.1, 0.15) is 27.7 Å². The number of carbonyl (C=O) groups excluding carboxylic acids is 1. The lowest BCUT2D eigenvalue weighted by Crippen LogP contribution is -2.47. The molecule has 106 valence electrons. The zero-order chi connectivity index (χ0) is 14.4. The maximum atomic E-state index is 12.4. The van der Waals surface area contributed by atoms with E-state index in [0.717, 1.165) is 31.0 Å². The largest absolute Gasteiger partial charge is 0.399 e. The molecule has 1 atom stereocenters. The molecule has 4 heteroatoms. The predicted molar refractivity (Wildman–Crippen MR) is 81.3 cm³/mol. The van der Waals surface area contributed by atoms with Crippen molar-refractivity contribution >= 4 is 17.3 Å². The van der Waals surface area contributed by atoms with Crippen LogP contribution in [0.25, 0.3) is 0 Å². The number of amides is 1. The van der Waals surface area contributed by atoms with E-state index in [1.54, 1.807) is 0 Å². The molecule has 1 aromatic rings. The lowest BCUT2D eigenvalue weighted by molar-refractivity contribution is -0.131. The molecule has 0 fully saturated rings. The maximum absolute atomic E-state index is 12.4. The standard InChI is InChI=1S/C15H25N3O/c1-5-17(6-2)15(19)12(4)18(7-3)14-10-8-9-13(16)11-14/h8-12H,5-7,16H2,1-4H3. The summed E-state index contributed by atoms with van der Waals surface area (Å²) in [6.07, 6.45) is 0. The van der Waals surface area contributed by atoms with Crippen molar-refractivity contribution in [2.45, 2.75) is 33.7 Å². The highest BCUT2D eigenvalue weighted by atomic mass is 16.2. The summed E-state index contributed by atoms with van der Waals surface area (Å²) in [7, 11) is 0. The third-order valence-electron chi connectivity index (χ3n) is 3.44. The van der Waals surface area contributed by atoms with Gasteiger partial charge in [-0.1, -0.05) is 6.07 Å². The number of nitrogen functional groups attached to an aromatic ring is 1. The van der Waals surface area contributed by atoms with E-state index in [-0.39, 0.29) is 11.9 Å². The fourth-order valence-corrected chi connectivity index (χ4v) is 2.32. The second-order valence-electron chi connectivity index (χ2n) is 4.57. The highest BCUT2D eigenvalue weighted by Crippen LogP contribution is 2.20. The fourth-order valence-electron chi connectivity index (χ4n) is 2.32. The molecule has 0 saturated carbocycles. The van der Waals surface area contributed by atoms with Crippen molar-refractivity contribution in [3.63, 3.8) is 0 Å². The minimum atomic E-state index is -0.174. The van der Waals surface area contributed by atoms with Crippen molar-refractivity contribution in [3.05, 3.63) is 24.3 Å². The van der Waals surface area contributed by atoms with Crippen LogP contribution < -0.4 is 10.6 Å². The maximum Gasteiger partial charge on any atom is 0.244 e. The van der Waals surface area contributed by atoms with Crippen molar-refractivity contribution in [1.29, 1.82) is 0 Å². The molecule has 0 aliphatic rings. The number of rotatable bonds is 6. The lowest BCUT2D eigenvalue weighted by Gasteiger charge is -2.33. The molecule has 0 bridgehead atoms. The number of anilines is 2. The fraction of sp³-hybridized carbons (Fsp3) is 0.533. The molecule has 0 spiro atoms. The van der Waals surface area contributed by atoms with Gasteiger partial charge < -0.3 is 15.5 Å². The Morgan fingerprint density at radius 1 is 1.21 bits per heavy atom. The van der Waals surface area contributed by atoms with Gasteiger partial charge in [0.05, 0.1) is 0 Å². The van der Waals surface area contributed by atoms with Crippen molar-refractivity contribution in [2.24, 2.45) is 0 Å². The van der Waals surface area contributed by atoms with Crippen molar-refractivity contribution < 1.29 is 4.79 Å². The summed E-state index contributed by atoms with van der Waals surface area (Å²) in [6, 6.07) is 7.50. The molecular weight excluding hydrogens is 238 g/mol. The molecule has 2 N–H and O–H groups in total. The summed E-state index contributed by atoms with van der Waals surface area (Å²) in [4.78, 5) is 16.4. The van der Waals surface area contributed by atoms with Crippen molar-refractivity contribution in [3.8, 4) is 0 Å². The molecule has 0 aromatic heterocycles. The number of benzene rings is 1. The molecular formula is C15H25N3O. The van der Waals surface area contributed by atoms with Gasteiger partial charge >= 0.3 is 0 Å². The molecule has 1 amide bonds. The highest BCUT2D eigenvalue weighted by molar-refractivity contribution is 5.85. The normalized spacial score (nSPS) is 12.0. The Labute approximate surface area is 116 Å². The van der Waals surface area contributed by atoms with Crippen LogP contribution in [0, 0.1) is 0 Å². The predicted octanol–water partition coefficient (Wildman–Crippen LogP) is 2.35.